The second-order valence-electron chi connectivity index (χ2n) is 4.63. The quantitative estimate of drug-likeness (QED) is 0.512. The van der Waals surface area contributed by atoms with E-state index in [9.17, 15) is 14.9 Å². The van der Waals surface area contributed by atoms with E-state index in [4.69, 9.17) is 9.99 Å². The van der Waals surface area contributed by atoms with Gasteiger partial charge >= 0.3 is 11.8 Å². The second kappa shape index (κ2) is 5.53. The maximum atomic E-state index is 11.0. The molecule has 8 nitrogen and oxygen atoms in total. The van der Waals surface area contributed by atoms with Crippen molar-refractivity contribution in [1.82, 2.24) is 5.06 Å². The Balaban J connectivity index is 2.87. The first-order valence-corrected chi connectivity index (χ1v) is 5.34. The van der Waals surface area contributed by atoms with Gasteiger partial charge in [0.25, 0.3) is 0 Å². The predicted molar refractivity (Wildman–Crippen MR) is 64.4 cm³/mol. The number of nitro benzene ring substituents is 1. The fraction of sp³-hybridized carbons (Fsp3) is 0.364. The first-order chi connectivity index (χ1) is 8.73. The number of carbonyl (C=O) groups is 1. The molecule has 104 valence electrons. The molecule has 0 aliphatic heterocycles. The van der Waals surface area contributed by atoms with E-state index in [2.05, 4.69) is 4.99 Å². The second-order valence-corrected chi connectivity index (χ2v) is 4.63. The number of nitrogens with zero attached hydrogens (tertiary/aromatic N) is 2. The number of rotatable bonds is 4. The third kappa shape index (κ3) is 3.81. The zero-order valence-corrected chi connectivity index (χ0v) is 10.7. The summed E-state index contributed by atoms with van der Waals surface area (Å²) in [4.78, 5) is 30.5. The van der Waals surface area contributed by atoms with Crippen LogP contribution >= 0.6 is 0 Å². The van der Waals surface area contributed by atoms with Gasteiger partial charge in [-0.1, -0.05) is 17.1 Å². The highest BCUT2D eigenvalue weighted by atomic mass is 17.3. The Bertz CT molecular complexity index is 482. The third-order valence-corrected chi connectivity index (χ3v) is 2.05. The Morgan fingerprint density at radius 1 is 1.37 bits per heavy atom. The largest absolute Gasteiger partial charge is 0.463 e. The molecule has 8 heteroatoms. The molecule has 0 atom stereocenters. The number of nitro groups is 1. The number of hydroxylamine groups is 2. The van der Waals surface area contributed by atoms with Crippen molar-refractivity contribution in [2.45, 2.75) is 26.3 Å². The lowest BCUT2D eigenvalue weighted by Gasteiger charge is -2.29. The normalized spacial score (nSPS) is 10.9. The van der Waals surface area contributed by atoms with Gasteiger partial charge in [0.05, 0.1) is 10.5 Å². The Hall–Kier alpha value is -2.35. The van der Waals surface area contributed by atoms with Crippen LogP contribution in [0.25, 0.3) is 0 Å². The highest BCUT2D eigenvalue weighted by Crippen LogP contribution is 2.27. The number of para-hydroxylation sites is 2. The fourth-order valence-corrected chi connectivity index (χ4v) is 1.19. The number of carboxylic acid groups (broad SMARTS) is 1. The van der Waals surface area contributed by atoms with Crippen molar-refractivity contribution in [2.24, 2.45) is 0 Å². The highest BCUT2D eigenvalue weighted by Gasteiger charge is 2.30. The van der Waals surface area contributed by atoms with Crippen molar-refractivity contribution in [3.05, 3.63) is 34.4 Å². The van der Waals surface area contributed by atoms with Gasteiger partial charge in [-0.05, 0) is 26.8 Å². The Morgan fingerprint density at radius 3 is 2.42 bits per heavy atom. The first kappa shape index (κ1) is 14.7. The molecule has 0 heterocycles. The number of amides is 1. The van der Waals surface area contributed by atoms with Crippen LogP contribution in [0.1, 0.15) is 20.8 Å². The minimum Gasteiger partial charge on any atom is -0.463 e. The molecule has 1 rings (SSSR count). The average Bonchev–Trinajstić information content (AvgIpc) is 2.27. The standard InChI is InChI=1S/C11H14N2O6/c1-11(2,3)12(10(14)15)19-18-9-7-5-4-6-8(9)13(16)17/h4-7H,1-3H3,(H,14,15). The molecule has 19 heavy (non-hydrogen) atoms. The summed E-state index contributed by atoms with van der Waals surface area (Å²) in [7, 11) is 0. The van der Waals surface area contributed by atoms with Gasteiger partial charge in [0.1, 0.15) is 0 Å². The summed E-state index contributed by atoms with van der Waals surface area (Å²) in [6.07, 6.45) is -1.37. The molecule has 1 N–H and O–H groups in total. The summed E-state index contributed by atoms with van der Waals surface area (Å²) in [5.74, 6) is -0.178. The number of hydrogen-bond donors (Lipinski definition) is 1. The minimum absolute atomic E-state index is 0.178. The summed E-state index contributed by atoms with van der Waals surface area (Å²) in [6, 6.07) is 5.50. The van der Waals surface area contributed by atoms with Gasteiger partial charge in [0, 0.05) is 6.07 Å². The fourth-order valence-electron chi connectivity index (χ4n) is 1.19. The van der Waals surface area contributed by atoms with Crippen LogP contribution < -0.4 is 4.89 Å². The van der Waals surface area contributed by atoms with Crippen LogP contribution in [0.5, 0.6) is 5.75 Å². The summed E-state index contributed by atoms with van der Waals surface area (Å²) in [5.41, 5.74) is -1.20. The van der Waals surface area contributed by atoms with Crippen molar-refractivity contribution in [1.29, 1.82) is 0 Å². The number of benzene rings is 1. The Morgan fingerprint density at radius 2 is 1.95 bits per heavy atom. The molecule has 1 aromatic carbocycles. The molecule has 0 radical (unpaired) electrons. The van der Waals surface area contributed by atoms with E-state index in [1.54, 1.807) is 20.8 Å². The van der Waals surface area contributed by atoms with E-state index in [-0.39, 0.29) is 11.4 Å². The van der Waals surface area contributed by atoms with E-state index in [0.717, 1.165) is 0 Å². The van der Waals surface area contributed by atoms with Crippen LogP contribution in [0.4, 0.5) is 10.5 Å². The van der Waals surface area contributed by atoms with Crippen molar-refractivity contribution in [2.75, 3.05) is 0 Å². The minimum atomic E-state index is -1.37. The van der Waals surface area contributed by atoms with Crippen LogP contribution in [-0.2, 0) is 4.99 Å². The topological polar surface area (TPSA) is 102 Å². The molecular weight excluding hydrogens is 256 g/mol. The van der Waals surface area contributed by atoms with Crippen LogP contribution in [0.15, 0.2) is 24.3 Å². The molecular formula is C11H14N2O6. The van der Waals surface area contributed by atoms with E-state index in [0.29, 0.717) is 5.06 Å². The van der Waals surface area contributed by atoms with Crippen LogP contribution in [0.3, 0.4) is 0 Å². The lowest BCUT2D eigenvalue weighted by atomic mass is 10.1. The van der Waals surface area contributed by atoms with Crippen LogP contribution in [0, 0.1) is 10.1 Å². The average molecular weight is 270 g/mol. The molecule has 0 spiro atoms. The highest BCUT2D eigenvalue weighted by molar-refractivity contribution is 5.64. The van der Waals surface area contributed by atoms with Crippen molar-refractivity contribution in [3.8, 4) is 5.75 Å². The lowest BCUT2D eigenvalue weighted by Crippen LogP contribution is -2.45. The molecule has 1 amide bonds. The number of hydrogen-bond acceptors (Lipinski definition) is 5. The molecule has 0 bridgehead atoms. The maximum Gasteiger partial charge on any atom is 0.435 e. The molecule has 0 aliphatic rings. The van der Waals surface area contributed by atoms with Gasteiger partial charge in [-0.3, -0.25) is 10.1 Å². The Kier molecular flexibility index (Phi) is 4.28. The summed E-state index contributed by atoms with van der Waals surface area (Å²) in [6.45, 7) is 4.76. The van der Waals surface area contributed by atoms with Crippen LogP contribution in [0.2, 0.25) is 0 Å². The molecule has 0 fully saturated rings. The van der Waals surface area contributed by atoms with E-state index in [1.165, 1.54) is 24.3 Å². The van der Waals surface area contributed by atoms with E-state index in [1.807, 2.05) is 0 Å². The van der Waals surface area contributed by atoms with Crippen LogP contribution in [-0.4, -0.2) is 26.7 Å². The van der Waals surface area contributed by atoms with Gasteiger partial charge < -0.3 is 9.99 Å². The molecule has 0 unspecified atom stereocenters. The monoisotopic (exact) mass is 270 g/mol. The first-order valence-electron chi connectivity index (χ1n) is 5.34. The van der Waals surface area contributed by atoms with Gasteiger partial charge in [-0.2, -0.15) is 0 Å². The van der Waals surface area contributed by atoms with E-state index < -0.39 is 16.6 Å². The third-order valence-electron chi connectivity index (χ3n) is 2.05. The maximum absolute atomic E-state index is 11.0. The van der Waals surface area contributed by atoms with Gasteiger partial charge in [0.15, 0.2) is 0 Å². The Labute approximate surface area is 109 Å². The summed E-state index contributed by atoms with van der Waals surface area (Å²) in [5, 5.41) is 20.2. The summed E-state index contributed by atoms with van der Waals surface area (Å²) >= 11 is 0. The van der Waals surface area contributed by atoms with E-state index >= 15 is 0 Å². The smallest absolute Gasteiger partial charge is 0.435 e. The lowest BCUT2D eigenvalue weighted by molar-refractivity contribution is -0.401. The van der Waals surface area contributed by atoms with Crippen molar-refractivity contribution >= 4 is 11.8 Å². The molecule has 0 saturated carbocycles. The van der Waals surface area contributed by atoms with Gasteiger partial charge in [0.2, 0.25) is 5.75 Å². The molecule has 0 aromatic heterocycles. The predicted octanol–water partition coefficient (Wildman–Crippen LogP) is 2.60. The summed E-state index contributed by atoms with van der Waals surface area (Å²) < 4.78 is 0. The zero-order valence-electron chi connectivity index (χ0n) is 10.7. The zero-order chi connectivity index (χ0) is 14.6. The van der Waals surface area contributed by atoms with Crippen molar-refractivity contribution < 1.29 is 24.7 Å². The molecule has 0 saturated heterocycles. The van der Waals surface area contributed by atoms with Crippen molar-refractivity contribution in [3.63, 3.8) is 0 Å². The van der Waals surface area contributed by atoms with Gasteiger partial charge in [-0.25, -0.2) is 4.79 Å². The SMILES string of the molecule is CC(C)(C)N(OOc1ccccc1[N+](=O)[O-])C(=O)O. The van der Waals surface area contributed by atoms with Gasteiger partial charge in [-0.15, -0.1) is 5.06 Å². The molecule has 1 aromatic rings. The molecule has 0 aliphatic carbocycles.